The second-order valence-electron chi connectivity index (χ2n) is 8.84. The molecule has 0 N–H and O–H groups in total. The number of carbonyl (C=O) groups is 3. The molecule has 0 saturated carbocycles. The van der Waals surface area contributed by atoms with E-state index in [0.29, 0.717) is 15.5 Å². The van der Waals surface area contributed by atoms with Crippen LogP contribution in [0.15, 0.2) is 41.3 Å². The van der Waals surface area contributed by atoms with Gasteiger partial charge in [0.05, 0.1) is 5.56 Å². The lowest BCUT2D eigenvalue weighted by Crippen LogP contribution is -2.61. The normalized spacial score (nSPS) is 14.9. The zero-order valence-electron chi connectivity index (χ0n) is 19.5. The van der Waals surface area contributed by atoms with Gasteiger partial charge in [-0.25, -0.2) is 9.47 Å². The molecule has 1 aliphatic rings. The number of ether oxygens (including phenoxy) is 2. The van der Waals surface area contributed by atoms with E-state index in [4.69, 9.17) is 9.47 Å². The summed E-state index contributed by atoms with van der Waals surface area (Å²) in [7, 11) is 0. The summed E-state index contributed by atoms with van der Waals surface area (Å²) >= 11 is 0. The highest BCUT2D eigenvalue weighted by Crippen LogP contribution is 2.31. The fourth-order valence-electron chi connectivity index (χ4n) is 3.28. The quantitative estimate of drug-likeness (QED) is 0.590. The SMILES string of the molecule is C[C@@H](N1CN(C(=O)OC(C)(C)C)n2cc(C=O)c(=O)c(OCc3ccccc3)c2C1=O)C(F)(F)F. The van der Waals surface area contributed by atoms with E-state index >= 15 is 0 Å². The maximum atomic E-state index is 13.6. The van der Waals surface area contributed by atoms with Gasteiger partial charge in [0, 0.05) is 6.20 Å². The zero-order chi connectivity index (χ0) is 26.1. The Bertz CT molecular complexity index is 1190. The Morgan fingerprint density at radius 1 is 1.14 bits per heavy atom. The Kier molecular flexibility index (Phi) is 6.95. The Morgan fingerprint density at radius 2 is 1.77 bits per heavy atom. The van der Waals surface area contributed by atoms with Crippen LogP contribution in [0.3, 0.4) is 0 Å². The molecule has 2 amide bonds. The molecule has 1 aromatic heterocycles. The smallest absolute Gasteiger partial charge is 0.431 e. The van der Waals surface area contributed by atoms with E-state index in [1.54, 1.807) is 51.1 Å². The van der Waals surface area contributed by atoms with Crippen LogP contribution in [0.1, 0.15) is 54.1 Å². The van der Waals surface area contributed by atoms with E-state index in [1.807, 2.05) is 0 Å². The first kappa shape index (κ1) is 25.8. The number of carbonyl (C=O) groups excluding carboxylic acids is 3. The number of aromatic nitrogens is 1. The number of alkyl halides is 3. The van der Waals surface area contributed by atoms with Crippen molar-refractivity contribution in [2.75, 3.05) is 11.7 Å². The summed E-state index contributed by atoms with van der Waals surface area (Å²) in [5.41, 5.74) is -2.53. The predicted octanol–water partition coefficient (Wildman–Crippen LogP) is 3.48. The maximum Gasteiger partial charge on any atom is 0.431 e. The van der Waals surface area contributed by atoms with Crippen molar-refractivity contribution in [2.45, 2.75) is 52.1 Å². The van der Waals surface area contributed by atoms with Crippen LogP contribution in [0, 0.1) is 0 Å². The van der Waals surface area contributed by atoms with Gasteiger partial charge < -0.3 is 14.4 Å². The Hall–Kier alpha value is -3.83. The first-order chi connectivity index (χ1) is 16.2. The van der Waals surface area contributed by atoms with Crippen molar-refractivity contribution < 1.29 is 37.0 Å². The van der Waals surface area contributed by atoms with Gasteiger partial charge in [-0.1, -0.05) is 30.3 Å². The molecule has 35 heavy (non-hydrogen) atoms. The number of hydrogen-bond acceptors (Lipinski definition) is 6. The zero-order valence-corrected chi connectivity index (χ0v) is 19.5. The third-order valence-corrected chi connectivity index (χ3v) is 5.08. The molecule has 0 spiro atoms. The first-order valence-electron chi connectivity index (χ1n) is 10.5. The number of amides is 2. The number of nitrogens with zero attached hydrogens (tertiary/aromatic N) is 3. The van der Waals surface area contributed by atoms with E-state index < -0.39 is 58.9 Å². The molecule has 1 aromatic carbocycles. The summed E-state index contributed by atoms with van der Waals surface area (Å²) < 4.78 is 52.4. The van der Waals surface area contributed by atoms with Crippen LogP contribution in [-0.4, -0.2) is 52.4 Å². The van der Waals surface area contributed by atoms with Gasteiger partial charge in [-0.15, -0.1) is 0 Å². The molecule has 0 radical (unpaired) electrons. The van der Waals surface area contributed by atoms with Gasteiger partial charge in [-0.2, -0.15) is 18.2 Å². The molecular formula is C23H24F3N3O6. The van der Waals surface area contributed by atoms with Crippen LogP contribution in [0.5, 0.6) is 5.75 Å². The molecule has 1 aliphatic heterocycles. The van der Waals surface area contributed by atoms with Crippen molar-refractivity contribution in [3.05, 3.63) is 63.6 Å². The molecule has 0 unspecified atom stereocenters. The molecule has 0 saturated heterocycles. The average Bonchev–Trinajstić information content (AvgIpc) is 2.76. The number of aldehydes is 1. The number of halogens is 3. The number of hydrogen-bond donors (Lipinski definition) is 0. The van der Waals surface area contributed by atoms with Crippen molar-refractivity contribution in [2.24, 2.45) is 0 Å². The number of rotatable bonds is 5. The van der Waals surface area contributed by atoms with Crippen molar-refractivity contribution >= 4 is 18.3 Å². The van der Waals surface area contributed by atoms with Crippen LogP contribution in [0.25, 0.3) is 0 Å². The largest absolute Gasteiger partial charge is 0.482 e. The fraction of sp³-hybridized carbons (Fsp3) is 0.391. The molecule has 188 valence electrons. The summed E-state index contributed by atoms with van der Waals surface area (Å²) in [5, 5.41) is 0.700. The topological polar surface area (TPSA) is 98.2 Å². The average molecular weight is 495 g/mol. The van der Waals surface area contributed by atoms with E-state index in [9.17, 15) is 32.3 Å². The van der Waals surface area contributed by atoms with Crippen molar-refractivity contribution in [1.29, 1.82) is 0 Å². The van der Waals surface area contributed by atoms with Gasteiger partial charge in [0.1, 0.15) is 24.9 Å². The van der Waals surface area contributed by atoms with Gasteiger partial charge in [0.15, 0.2) is 17.7 Å². The Balaban J connectivity index is 2.20. The van der Waals surface area contributed by atoms with Crippen LogP contribution in [0.2, 0.25) is 0 Å². The van der Waals surface area contributed by atoms with Crippen LogP contribution >= 0.6 is 0 Å². The molecule has 2 aromatic rings. The molecule has 0 aliphatic carbocycles. The van der Waals surface area contributed by atoms with E-state index in [1.165, 1.54) is 0 Å². The second-order valence-corrected chi connectivity index (χ2v) is 8.84. The molecule has 0 fully saturated rings. The summed E-state index contributed by atoms with van der Waals surface area (Å²) in [6.07, 6.45) is -4.82. The number of fused-ring (bicyclic) bond motifs is 1. The van der Waals surface area contributed by atoms with Gasteiger partial charge in [-0.3, -0.25) is 14.4 Å². The lowest BCUT2D eigenvalue weighted by molar-refractivity contribution is -0.173. The molecule has 2 heterocycles. The molecule has 1 atom stereocenters. The minimum Gasteiger partial charge on any atom is -0.482 e. The monoisotopic (exact) mass is 495 g/mol. The summed E-state index contributed by atoms with van der Waals surface area (Å²) in [4.78, 5) is 51.1. The molecule has 0 bridgehead atoms. The van der Waals surface area contributed by atoms with Crippen LogP contribution < -0.4 is 15.2 Å². The lowest BCUT2D eigenvalue weighted by atomic mass is 10.1. The first-order valence-corrected chi connectivity index (χ1v) is 10.5. The Morgan fingerprint density at radius 3 is 2.31 bits per heavy atom. The summed E-state index contributed by atoms with van der Waals surface area (Å²) in [6, 6.07) is 6.17. The van der Waals surface area contributed by atoms with Crippen LogP contribution in [-0.2, 0) is 11.3 Å². The second kappa shape index (κ2) is 9.43. The summed E-state index contributed by atoms with van der Waals surface area (Å²) in [6.45, 7) is 4.33. The van der Waals surface area contributed by atoms with Crippen molar-refractivity contribution in [1.82, 2.24) is 9.58 Å². The molecule has 9 nitrogen and oxygen atoms in total. The fourth-order valence-corrected chi connectivity index (χ4v) is 3.28. The van der Waals surface area contributed by atoms with Crippen molar-refractivity contribution in [3.8, 4) is 5.75 Å². The highest BCUT2D eigenvalue weighted by atomic mass is 19.4. The minimum absolute atomic E-state index is 0.202. The van der Waals surface area contributed by atoms with E-state index in [0.717, 1.165) is 17.8 Å². The van der Waals surface area contributed by atoms with E-state index in [2.05, 4.69) is 0 Å². The lowest BCUT2D eigenvalue weighted by Gasteiger charge is -2.41. The number of benzene rings is 1. The standard InChI is InChI=1S/C23H24F3N3O6/c1-14(23(24,25)26)27-13-29(21(33)35-22(2,3)4)28-10-16(11-30)18(31)19(17(28)20(27)32)34-12-15-8-6-5-7-9-15/h5-11,14H,12-13H2,1-4H3/t14-/m1/s1. The highest BCUT2D eigenvalue weighted by Gasteiger charge is 2.48. The predicted molar refractivity (Wildman–Crippen MR) is 118 cm³/mol. The number of pyridine rings is 1. The molecule has 12 heteroatoms. The molecule has 3 rings (SSSR count). The van der Waals surface area contributed by atoms with Gasteiger partial charge in [-0.05, 0) is 33.3 Å². The van der Waals surface area contributed by atoms with Crippen molar-refractivity contribution in [3.63, 3.8) is 0 Å². The van der Waals surface area contributed by atoms with Gasteiger partial charge in [0.25, 0.3) is 5.91 Å². The van der Waals surface area contributed by atoms with Crippen LogP contribution in [0.4, 0.5) is 18.0 Å². The van der Waals surface area contributed by atoms with Gasteiger partial charge >= 0.3 is 12.3 Å². The third-order valence-electron chi connectivity index (χ3n) is 5.08. The maximum absolute atomic E-state index is 13.6. The third kappa shape index (κ3) is 5.47. The summed E-state index contributed by atoms with van der Waals surface area (Å²) in [5.74, 6) is -1.86. The molecular weight excluding hydrogens is 471 g/mol. The Labute approximate surface area is 198 Å². The van der Waals surface area contributed by atoms with Gasteiger partial charge in [0.2, 0.25) is 5.43 Å². The minimum atomic E-state index is -4.83. The highest BCUT2D eigenvalue weighted by molar-refractivity contribution is 5.99. The van der Waals surface area contributed by atoms with E-state index in [-0.39, 0.29) is 12.9 Å².